The van der Waals surface area contributed by atoms with Crippen LogP contribution in [0.25, 0.3) is 0 Å². The van der Waals surface area contributed by atoms with Crippen molar-refractivity contribution in [1.82, 2.24) is 20.4 Å². The lowest BCUT2D eigenvalue weighted by Crippen LogP contribution is -2.46. The summed E-state index contributed by atoms with van der Waals surface area (Å²) in [6, 6.07) is 7.23. The van der Waals surface area contributed by atoms with Gasteiger partial charge < -0.3 is 14.7 Å². The van der Waals surface area contributed by atoms with Gasteiger partial charge in [0.1, 0.15) is 0 Å². The van der Waals surface area contributed by atoms with Crippen LogP contribution in [0.2, 0.25) is 0 Å². The number of carbonyl (C=O) groups is 2. The Kier molecular flexibility index (Phi) is 5.51. The topological polar surface area (TPSA) is 91.6 Å². The molecule has 154 valence electrons. The van der Waals surface area contributed by atoms with Crippen LogP contribution in [-0.4, -0.2) is 53.2 Å². The first-order chi connectivity index (χ1) is 14.0. The van der Waals surface area contributed by atoms with Crippen LogP contribution in [0.1, 0.15) is 67.0 Å². The number of benzene rings is 1. The standard InChI is InChI=1S/C21H27N5O3/c1-14(2)19-23-18(24-29-19)15-7-11-25(12-8-15)20(27)16-5-3-6-17(13-16)26-10-4-9-22-21(26)28/h3,5-6,13-15H,4,7-12H2,1-2H3,(H,22,28). The molecule has 2 aliphatic heterocycles. The Labute approximate surface area is 170 Å². The van der Waals surface area contributed by atoms with E-state index in [2.05, 4.69) is 15.5 Å². The summed E-state index contributed by atoms with van der Waals surface area (Å²) >= 11 is 0. The van der Waals surface area contributed by atoms with Crippen LogP contribution in [0.15, 0.2) is 28.8 Å². The van der Waals surface area contributed by atoms with E-state index >= 15 is 0 Å². The average molecular weight is 397 g/mol. The molecule has 29 heavy (non-hydrogen) atoms. The highest BCUT2D eigenvalue weighted by Gasteiger charge is 2.28. The predicted molar refractivity (Wildman–Crippen MR) is 108 cm³/mol. The SMILES string of the molecule is CC(C)c1nc(C2CCN(C(=O)c3cccc(N4CCCNC4=O)c3)CC2)no1. The molecular formula is C21H27N5O3. The maximum Gasteiger partial charge on any atom is 0.321 e. The number of carbonyl (C=O) groups excluding carboxylic acids is 2. The summed E-state index contributed by atoms with van der Waals surface area (Å²) in [7, 11) is 0. The van der Waals surface area contributed by atoms with Crippen molar-refractivity contribution in [2.75, 3.05) is 31.1 Å². The summed E-state index contributed by atoms with van der Waals surface area (Å²) in [5.41, 5.74) is 1.37. The number of likely N-dealkylation sites (tertiary alicyclic amines) is 1. The van der Waals surface area contributed by atoms with Crippen molar-refractivity contribution in [2.45, 2.75) is 44.9 Å². The zero-order chi connectivity index (χ0) is 20.4. The van der Waals surface area contributed by atoms with Gasteiger partial charge in [0.25, 0.3) is 5.91 Å². The van der Waals surface area contributed by atoms with Crippen LogP contribution in [0, 0.1) is 0 Å². The van der Waals surface area contributed by atoms with Crippen LogP contribution >= 0.6 is 0 Å². The van der Waals surface area contributed by atoms with Crippen LogP contribution in [0.4, 0.5) is 10.5 Å². The molecule has 2 aromatic rings. The minimum Gasteiger partial charge on any atom is -0.339 e. The van der Waals surface area contributed by atoms with Gasteiger partial charge in [-0.1, -0.05) is 25.1 Å². The van der Waals surface area contributed by atoms with E-state index in [1.165, 1.54) is 0 Å². The van der Waals surface area contributed by atoms with Crippen molar-refractivity contribution in [1.29, 1.82) is 0 Å². The molecular weight excluding hydrogens is 370 g/mol. The Morgan fingerprint density at radius 1 is 1.24 bits per heavy atom. The van der Waals surface area contributed by atoms with E-state index in [9.17, 15) is 9.59 Å². The molecule has 2 fully saturated rings. The van der Waals surface area contributed by atoms with E-state index in [0.29, 0.717) is 37.6 Å². The zero-order valence-corrected chi connectivity index (χ0v) is 16.9. The van der Waals surface area contributed by atoms with Gasteiger partial charge >= 0.3 is 6.03 Å². The highest BCUT2D eigenvalue weighted by molar-refractivity contribution is 5.98. The quantitative estimate of drug-likeness (QED) is 0.856. The Hall–Kier alpha value is -2.90. The first-order valence-electron chi connectivity index (χ1n) is 10.3. The summed E-state index contributed by atoms with van der Waals surface area (Å²) in [4.78, 5) is 33.2. The minimum atomic E-state index is -0.109. The Bertz CT molecular complexity index is 886. The Balaban J connectivity index is 1.40. The maximum absolute atomic E-state index is 13.0. The lowest BCUT2D eigenvalue weighted by molar-refractivity contribution is 0.0710. The van der Waals surface area contributed by atoms with Crippen LogP contribution in [0.3, 0.4) is 0 Å². The molecule has 0 spiro atoms. The third kappa shape index (κ3) is 4.11. The molecule has 2 aliphatic rings. The van der Waals surface area contributed by atoms with E-state index in [0.717, 1.165) is 30.8 Å². The van der Waals surface area contributed by atoms with Crippen LogP contribution < -0.4 is 10.2 Å². The lowest BCUT2D eigenvalue weighted by atomic mass is 9.95. The second-order valence-electron chi connectivity index (χ2n) is 8.00. The minimum absolute atomic E-state index is 0.00120. The molecule has 4 rings (SSSR count). The molecule has 0 atom stereocenters. The lowest BCUT2D eigenvalue weighted by Gasteiger charge is -2.31. The van der Waals surface area contributed by atoms with Gasteiger partial charge in [-0.15, -0.1) is 0 Å². The van der Waals surface area contributed by atoms with E-state index in [4.69, 9.17) is 4.52 Å². The van der Waals surface area contributed by atoms with Gasteiger partial charge in [0, 0.05) is 49.3 Å². The third-order valence-corrected chi connectivity index (χ3v) is 5.58. The summed E-state index contributed by atoms with van der Waals surface area (Å²) in [5, 5.41) is 6.97. The number of nitrogens with zero attached hydrogens (tertiary/aromatic N) is 4. The smallest absolute Gasteiger partial charge is 0.321 e. The van der Waals surface area contributed by atoms with Gasteiger partial charge in [-0.05, 0) is 37.5 Å². The van der Waals surface area contributed by atoms with Gasteiger partial charge in [0.15, 0.2) is 5.82 Å². The van der Waals surface area contributed by atoms with Gasteiger partial charge in [-0.2, -0.15) is 4.98 Å². The molecule has 0 aliphatic carbocycles. The molecule has 0 unspecified atom stereocenters. The second kappa shape index (κ2) is 8.23. The number of amides is 3. The van der Waals surface area contributed by atoms with E-state index in [1.54, 1.807) is 4.90 Å². The molecule has 0 radical (unpaired) electrons. The highest BCUT2D eigenvalue weighted by Crippen LogP contribution is 2.28. The zero-order valence-electron chi connectivity index (χ0n) is 16.9. The number of piperidine rings is 1. The van der Waals surface area contributed by atoms with E-state index < -0.39 is 0 Å². The number of anilines is 1. The van der Waals surface area contributed by atoms with Crippen molar-refractivity contribution in [2.24, 2.45) is 0 Å². The number of urea groups is 1. The second-order valence-corrected chi connectivity index (χ2v) is 8.00. The fourth-order valence-corrected chi connectivity index (χ4v) is 3.85. The highest BCUT2D eigenvalue weighted by atomic mass is 16.5. The molecule has 0 saturated carbocycles. The summed E-state index contributed by atoms with van der Waals surface area (Å²) in [5.74, 6) is 1.85. The van der Waals surface area contributed by atoms with Crippen molar-refractivity contribution in [3.63, 3.8) is 0 Å². The molecule has 8 heteroatoms. The molecule has 1 aromatic heterocycles. The predicted octanol–water partition coefficient (Wildman–Crippen LogP) is 3.13. The van der Waals surface area contributed by atoms with Crippen molar-refractivity contribution < 1.29 is 14.1 Å². The number of hydrogen-bond acceptors (Lipinski definition) is 5. The number of rotatable bonds is 4. The summed E-state index contributed by atoms with van der Waals surface area (Å²) in [6.45, 7) is 6.73. The normalized spacial score (nSPS) is 18.2. The van der Waals surface area contributed by atoms with Crippen LogP contribution in [-0.2, 0) is 0 Å². The van der Waals surface area contributed by atoms with Gasteiger partial charge in [0.05, 0.1) is 0 Å². The molecule has 1 aromatic carbocycles. The van der Waals surface area contributed by atoms with Crippen molar-refractivity contribution in [3.05, 3.63) is 41.5 Å². The summed E-state index contributed by atoms with van der Waals surface area (Å²) < 4.78 is 5.32. The fourth-order valence-electron chi connectivity index (χ4n) is 3.85. The monoisotopic (exact) mass is 397 g/mol. The Morgan fingerprint density at radius 3 is 2.72 bits per heavy atom. The first-order valence-corrected chi connectivity index (χ1v) is 10.3. The first kappa shape index (κ1) is 19.4. The van der Waals surface area contributed by atoms with Gasteiger partial charge in [-0.3, -0.25) is 9.69 Å². The fraction of sp³-hybridized carbons (Fsp3) is 0.524. The molecule has 3 amide bonds. The maximum atomic E-state index is 13.0. The summed E-state index contributed by atoms with van der Waals surface area (Å²) in [6.07, 6.45) is 2.53. The van der Waals surface area contributed by atoms with Crippen molar-refractivity contribution >= 4 is 17.6 Å². The van der Waals surface area contributed by atoms with Gasteiger partial charge in [-0.25, -0.2) is 4.79 Å². The van der Waals surface area contributed by atoms with E-state index in [1.807, 2.05) is 43.0 Å². The molecule has 8 nitrogen and oxygen atoms in total. The molecule has 3 heterocycles. The largest absolute Gasteiger partial charge is 0.339 e. The number of aromatic nitrogens is 2. The average Bonchev–Trinajstić information content (AvgIpc) is 3.24. The molecule has 1 N–H and O–H groups in total. The van der Waals surface area contributed by atoms with Crippen molar-refractivity contribution in [3.8, 4) is 0 Å². The van der Waals surface area contributed by atoms with Crippen LogP contribution in [0.5, 0.6) is 0 Å². The van der Waals surface area contributed by atoms with E-state index in [-0.39, 0.29) is 23.8 Å². The molecule has 2 saturated heterocycles. The number of hydrogen-bond donors (Lipinski definition) is 1. The third-order valence-electron chi connectivity index (χ3n) is 5.58. The number of nitrogens with one attached hydrogen (secondary N) is 1. The Morgan fingerprint density at radius 2 is 2.03 bits per heavy atom. The molecule has 0 bridgehead atoms. The van der Waals surface area contributed by atoms with Gasteiger partial charge in [0.2, 0.25) is 5.89 Å².